The van der Waals surface area contributed by atoms with E-state index in [1.807, 2.05) is 0 Å². The zero-order valence-corrected chi connectivity index (χ0v) is 8.15. The quantitative estimate of drug-likeness (QED) is 0.291. The first-order chi connectivity index (χ1) is 6.29. The Hall–Kier alpha value is -0.240. The van der Waals surface area contributed by atoms with Gasteiger partial charge in [-0.15, -0.1) is 0 Å². The second kappa shape index (κ2) is 5.59. The van der Waals surface area contributed by atoms with E-state index in [1.165, 1.54) is 13.8 Å². The summed E-state index contributed by atoms with van der Waals surface area (Å²) in [5.74, 6) is 0. The van der Waals surface area contributed by atoms with Gasteiger partial charge < -0.3 is 30.6 Å². The molecule has 0 amide bonds. The lowest BCUT2D eigenvalue weighted by atomic mass is 9.97. The van der Waals surface area contributed by atoms with Gasteiger partial charge in [0.05, 0.1) is 12.2 Å². The number of hydrogen-bond donors (Lipinski definition) is 6. The van der Waals surface area contributed by atoms with Crippen LogP contribution in [0.3, 0.4) is 0 Å². The zero-order chi connectivity index (χ0) is 11.5. The molecule has 6 N–H and O–H groups in total. The van der Waals surface area contributed by atoms with Crippen LogP contribution >= 0.6 is 0 Å². The summed E-state index contributed by atoms with van der Waals surface area (Å²) in [6, 6.07) is 0. The molecule has 0 fully saturated rings. The van der Waals surface area contributed by atoms with Crippen LogP contribution in [0.25, 0.3) is 0 Å². The van der Waals surface area contributed by atoms with E-state index in [9.17, 15) is 10.2 Å². The lowest BCUT2D eigenvalue weighted by Crippen LogP contribution is -2.51. The van der Waals surface area contributed by atoms with Crippen molar-refractivity contribution in [1.82, 2.24) is 0 Å². The van der Waals surface area contributed by atoms with Gasteiger partial charge in [-0.1, -0.05) is 0 Å². The maximum Gasteiger partial charge on any atom is 0.111 e. The second-order valence-corrected chi connectivity index (χ2v) is 3.44. The lowest BCUT2D eigenvalue weighted by molar-refractivity contribution is -0.148. The van der Waals surface area contributed by atoms with Crippen LogP contribution in [-0.2, 0) is 0 Å². The predicted molar refractivity (Wildman–Crippen MR) is 47.4 cm³/mol. The Labute approximate surface area is 82.1 Å². The molecule has 0 bridgehead atoms. The molecule has 6 atom stereocenters. The first-order valence-electron chi connectivity index (χ1n) is 4.37. The van der Waals surface area contributed by atoms with Crippen molar-refractivity contribution in [2.45, 2.75) is 50.5 Å². The topological polar surface area (TPSA) is 121 Å². The first-order valence-corrected chi connectivity index (χ1v) is 4.37. The van der Waals surface area contributed by atoms with Crippen LogP contribution in [0, 0.1) is 0 Å². The van der Waals surface area contributed by atoms with Gasteiger partial charge in [0.2, 0.25) is 0 Å². The second-order valence-electron chi connectivity index (χ2n) is 3.44. The summed E-state index contributed by atoms with van der Waals surface area (Å²) in [6.07, 6.45) is -9.03. The monoisotopic (exact) mass is 210 g/mol. The highest BCUT2D eigenvalue weighted by molar-refractivity contribution is 4.85. The fraction of sp³-hybridized carbons (Fsp3) is 1.00. The number of aliphatic hydroxyl groups is 6. The van der Waals surface area contributed by atoms with Crippen LogP contribution < -0.4 is 0 Å². The minimum atomic E-state index is -1.71. The van der Waals surface area contributed by atoms with Crippen LogP contribution in [0.2, 0.25) is 0 Å². The highest BCUT2D eigenvalue weighted by Crippen LogP contribution is 2.10. The van der Waals surface area contributed by atoms with E-state index in [0.29, 0.717) is 0 Å². The summed E-state index contributed by atoms with van der Waals surface area (Å²) < 4.78 is 0. The fourth-order valence-corrected chi connectivity index (χ4v) is 0.975. The van der Waals surface area contributed by atoms with Gasteiger partial charge in [0.15, 0.2) is 0 Å². The van der Waals surface area contributed by atoms with Crippen molar-refractivity contribution in [2.75, 3.05) is 0 Å². The highest BCUT2D eigenvalue weighted by Gasteiger charge is 2.34. The molecular formula is C8H18O6. The molecule has 14 heavy (non-hydrogen) atoms. The molecule has 0 aromatic heterocycles. The minimum absolute atomic E-state index is 1.23. The Kier molecular flexibility index (Phi) is 5.50. The van der Waals surface area contributed by atoms with Crippen molar-refractivity contribution in [2.24, 2.45) is 0 Å². The van der Waals surface area contributed by atoms with Crippen LogP contribution in [-0.4, -0.2) is 67.3 Å². The molecule has 0 aromatic rings. The van der Waals surface area contributed by atoms with Gasteiger partial charge in [-0.25, -0.2) is 0 Å². The SMILES string of the molecule is CC(O)C(O)C(O)[C@@H](O)C(O)C(C)O. The maximum absolute atomic E-state index is 9.24. The fourth-order valence-electron chi connectivity index (χ4n) is 0.975. The maximum atomic E-state index is 9.24. The molecule has 5 unspecified atom stereocenters. The Morgan fingerprint density at radius 3 is 0.857 bits per heavy atom. The third-order valence-electron chi connectivity index (χ3n) is 2.04. The van der Waals surface area contributed by atoms with Gasteiger partial charge >= 0.3 is 0 Å². The average molecular weight is 210 g/mol. The molecule has 0 aliphatic carbocycles. The number of aliphatic hydroxyl groups excluding tert-OH is 6. The van der Waals surface area contributed by atoms with Crippen LogP contribution in [0.4, 0.5) is 0 Å². The van der Waals surface area contributed by atoms with Crippen LogP contribution in [0.1, 0.15) is 13.8 Å². The summed E-state index contributed by atoms with van der Waals surface area (Å²) >= 11 is 0. The van der Waals surface area contributed by atoms with E-state index < -0.39 is 36.6 Å². The lowest BCUT2D eigenvalue weighted by Gasteiger charge is -2.28. The third-order valence-corrected chi connectivity index (χ3v) is 2.04. The van der Waals surface area contributed by atoms with Crippen molar-refractivity contribution in [3.8, 4) is 0 Å². The van der Waals surface area contributed by atoms with Crippen molar-refractivity contribution >= 4 is 0 Å². The molecule has 86 valence electrons. The van der Waals surface area contributed by atoms with E-state index >= 15 is 0 Å². The highest BCUT2D eigenvalue weighted by atomic mass is 16.4. The summed E-state index contributed by atoms with van der Waals surface area (Å²) in [4.78, 5) is 0. The van der Waals surface area contributed by atoms with Crippen molar-refractivity contribution in [1.29, 1.82) is 0 Å². The molecule has 6 heteroatoms. The summed E-state index contributed by atoms with van der Waals surface area (Å²) in [5, 5.41) is 54.6. The van der Waals surface area contributed by atoms with Gasteiger partial charge in [0.1, 0.15) is 24.4 Å². The minimum Gasteiger partial charge on any atom is -0.391 e. The summed E-state index contributed by atoms with van der Waals surface area (Å²) in [7, 11) is 0. The van der Waals surface area contributed by atoms with Gasteiger partial charge in [0, 0.05) is 0 Å². The van der Waals surface area contributed by atoms with Gasteiger partial charge in [-0.2, -0.15) is 0 Å². The molecule has 0 spiro atoms. The smallest absolute Gasteiger partial charge is 0.111 e. The molecule has 0 aromatic carbocycles. The molecule has 0 radical (unpaired) electrons. The number of hydrogen-bond acceptors (Lipinski definition) is 6. The molecule has 0 saturated heterocycles. The first kappa shape index (κ1) is 13.8. The van der Waals surface area contributed by atoms with E-state index in [2.05, 4.69) is 0 Å². The Bertz CT molecular complexity index is 142. The molecule has 0 rings (SSSR count). The standard InChI is InChI=1S/C8H18O6/c1-3(9)5(11)7(13)8(14)6(12)4(2)10/h3-14H,1-2H3/t3?,4?,5?,6?,7-,8?/m0/s1. The Morgan fingerprint density at radius 2 is 0.714 bits per heavy atom. The summed E-state index contributed by atoms with van der Waals surface area (Å²) in [6.45, 7) is 2.46. The van der Waals surface area contributed by atoms with E-state index in [1.54, 1.807) is 0 Å². The van der Waals surface area contributed by atoms with Gasteiger partial charge in [-0.05, 0) is 13.8 Å². The predicted octanol–water partition coefficient (Wildman–Crippen LogP) is -2.81. The molecule has 0 aliphatic heterocycles. The van der Waals surface area contributed by atoms with E-state index in [-0.39, 0.29) is 0 Å². The molecule has 0 saturated carbocycles. The normalized spacial score (nSPS) is 24.9. The Morgan fingerprint density at radius 1 is 0.500 bits per heavy atom. The molecule has 0 heterocycles. The van der Waals surface area contributed by atoms with Crippen molar-refractivity contribution in [3.05, 3.63) is 0 Å². The largest absolute Gasteiger partial charge is 0.391 e. The van der Waals surface area contributed by atoms with Crippen LogP contribution in [0.5, 0.6) is 0 Å². The van der Waals surface area contributed by atoms with Crippen LogP contribution in [0.15, 0.2) is 0 Å². The summed E-state index contributed by atoms with van der Waals surface area (Å²) in [5.41, 5.74) is 0. The van der Waals surface area contributed by atoms with E-state index in [0.717, 1.165) is 0 Å². The van der Waals surface area contributed by atoms with Gasteiger partial charge in [0.25, 0.3) is 0 Å². The molecule has 6 nitrogen and oxygen atoms in total. The van der Waals surface area contributed by atoms with Crippen molar-refractivity contribution in [3.63, 3.8) is 0 Å². The molecule has 0 aliphatic rings. The van der Waals surface area contributed by atoms with E-state index in [4.69, 9.17) is 20.4 Å². The average Bonchev–Trinajstić information content (AvgIpc) is 2.12. The Balaban J connectivity index is 4.30. The molecular weight excluding hydrogens is 192 g/mol. The van der Waals surface area contributed by atoms with Crippen molar-refractivity contribution < 1.29 is 30.6 Å². The third kappa shape index (κ3) is 3.49. The zero-order valence-electron chi connectivity index (χ0n) is 8.15. The van der Waals surface area contributed by atoms with Gasteiger partial charge in [-0.3, -0.25) is 0 Å². The number of rotatable bonds is 5.